The molecule has 0 aliphatic carbocycles. The smallest absolute Gasteiger partial charge is 0.334 e. The van der Waals surface area contributed by atoms with Crippen LogP contribution >= 0.6 is 0 Å². The fourth-order valence-corrected chi connectivity index (χ4v) is 2.14. The molecule has 15 heavy (non-hydrogen) atoms. The Morgan fingerprint density at radius 3 is 2.67 bits per heavy atom. The summed E-state index contributed by atoms with van der Waals surface area (Å²) in [6.07, 6.45) is 1.53. The van der Waals surface area contributed by atoms with Crippen LogP contribution in [0.2, 0.25) is 0 Å². The normalized spacial score (nSPS) is 11.8. The molecule has 4 nitrogen and oxygen atoms in total. The summed E-state index contributed by atoms with van der Waals surface area (Å²) >= 11 is 0. The third kappa shape index (κ3) is 1.52. The molecule has 0 radical (unpaired) electrons. The maximum atomic E-state index is 12.8. The van der Waals surface area contributed by atoms with Crippen LogP contribution in [0.3, 0.4) is 0 Å². The zero-order valence-electron chi connectivity index (χ0n) is 7.40. The molecule has 0 bridgehead atoms. The minimum Gasteiger partial charge on any atom is -0.360 e. The van der Waals surface area contributed by atoms with Gasteiger partial charge in [-0.1, -0.05) is 12.1 Å². The highest BCUT2D eigenvalue weighted by molar-refractivity contribution is 7.86. The molecule has 0 atom stereocenters. The average molecular weight is 227 g/mol. The second kappa shape index (κ2) is 3.16. The van der Waals surface area contributed by atoms with Gasteiger partial charge >= 0.3 is 10.2 Å². The van der Waals surface area contributed by atoms with E-state index in [1.54, 1.807) is 12.1 Å². The van der Waals surface area contributed by atoms with Gasteiger partial charge in [-0.05, 0) is 6.07 Å². The molecular formula is C9H6FNO3S. The van der Waals surface area contributed by atoms with Crippen LogP contribution in [-0.4, -0.2) is 19.7 Å². The lowest BCUT2D eigenvalue weighted by Crippen LogP contribution is -1.92. The molecule has 78 valence electrons. The van der Waals surface area contributed by atoms with E-state index in [1.165, 1.54) is 6.07 Å². The molecule has 6 heteroatoms. The predicted molar refractivity (Wildman–Crippen MR) is 52.0 cm³/mol. The fourth-order valence-electron chi connectivity index (χ4n) is 1.47. The molecule has 0 fully saturated rings. The lowest BCUT2D eigenvalue weighted by atomic mass is 10.1. The molecular weight excluding hydrogens is 221 g/mol. The third-order valence-corrected chi connectivity index (χ3v) is 2.94. The second-order valence-electron chi connectivity index (χ2n) is 2.98. The van der Waals surface area contributed by atoms with Crippen LogP contribution in [0.4, 0.5) is 3.89 Å². The van der Waals surface area contributed by atoms with E-state index in [1.807, 2.05) is 0 Å². The number of carbonyl (C=O) groups is 1. The molecule has 1 aromatic carbocycles. The fraction of sp³-hybridized carbons (Fsp3) is 0. The minimum atomic E-state index is -4.81. The van der Waals surface area contributed by atoms with E-state index >= 15 is 0 Å². The highest BCUT2D eigenvalue weighted by Gasteiger charge is 2.19. The zero-order chi connectivity index (χ0) is 11.1. The van der Waals surface area contributed by atoms with E-state index in [0.717, 1.165) is 6.20 Å². The highest BCUT2D eigenvalue weighted by Crippen LogP contribution is 2.26. The highest BCUT2D eigenvalue weighted by atomic mass is 32.3. The molecule has 0 saturated carbocycles. The number of H-pyrrole nitrogens is 1. The number of nitrogens with one attached hydrogen (secondary N) is 1. The molecule has 0 spiro atoms. The van der Waals surface area contributed by atoms with Gasteiger partial charge in [-0.25, -0.2) is 0 Å². The quantitative estimate of drug-likeness (QED) is 0.626. The first-order valence-electron chi connectivity index (χ1n) is 4.04. The summed E-state index contributed by atoms with van der Waals surface area (Å²) in [5.74, 6) is 0. The van der Waals surface area contributed by atoms with Gasteiger partial charge in [0.25, 0.3) is 0 Å². The van der Waals surface area contributed by atoms with Crippen molar-refractivity contribution < 1.29 is 17.1 Å². The molecule has 0 amide bonds. The van der Waals surface area contributed by atoms with Crippen molar-refractivity contribution in [1.82, 2.24) is 4.98 Å². The van der Waals surface area contributed by atoms with Gasteiger partial charge in [0.15, 0.2) is 6.29 Å². The number of rotatable bonds is 2. The van der Waals surface area contributed by atoms with Gasteiger partial charge in [-0.2, -0.15) is 8.42 Å². The summed E-state index contributed by atoms with van der Waals surface area (Å²) in [7, 11) is -4.81. The SMILES string of the molecule is O=Cc1cccc2[nH]cc(S(=O)(=O)F)c12. The number of carbonyl (C=O) groups excluding carboxylic acids is 1. The van der Waals surface area contributed by atoms with Crippen molar-refractivity contribution in [2.45, 2.75) is 4.90 Å². The Hall–Kier alpha value is -1.69. The van der Waals surface area contributed by atoms with Crippen LogP contribution in [0.15, 0.2) is 29.3 Å². The van der Waals surface area contributed by atoms with Gasteiger partial charge in [-0.15, -0.1) is 3.89 Å². The monoisotopic (exact) mass is 227 g/mol. The Kier molecular flexibility index (Phi) is 2.08. The number of aromatic amines is 1. The van der Waals surface area contributed by atoms with Gasteiger partial charge in [0.1, 0.15) is 4.90 Å². The minimum absolute atomic E-state index is 0.0926. The molecule has 0 saturated heterocycles. The summed E-state index contributed by atoms with van der Waals surface area (Å²) in [6, 6.07) is 4.58. The summed E-state index contributed by atoms with van der Waals surface area (Å²) in [5, 5.41) is 0.0926. The van der Waals surface area contributed by atoms with Crippen molar-refractivity contribution in [3.8, 4) is 0 Å². The number of fused-ring (bicyclic) bond motifs is 1. The Morgan fingerprint density at radius 1 is 1.33 bits per heavy atom. The van der Waals surface area contributed by atoms with Crippen molar-refractivity contribution in [3.05, 3.63) is 30.0 Å². The topological polar surface area (TPSA) is 67.0 Å². The zero-order valence-corrected chi connectivity index (χ0v) is 8.21. The van der Waals surface area contributed by atoms with Crippen molar-refractivity contribution >= 4 is 27.4 Å². The molecule has 1 heterocycles. The maximum absolute atomic E-state index is 12.8. The Morgan fingerprint density at radius 2 is 2.07 bits per heavy atom. The van der Waals surface area contributed by atoms with E-state index in [0.29, 0.717) is 11.8 Å². The van der Waals surface area contributed by atoms with Crippen LogP contribution in [0.25, 0.3) is 10.9 Å². The third-order valence-electron chi connectivity index (χ3n) is 2.09. The van der Waals surface area contributed by atoms with Crippen LogP contribution in [0.5, 0.6) is 0 Å². The first kappa shape index (κ1) is 9.85. The lowest BCUT2D eigenvalue weighted by molar-refractivity contribution is 0.112. The van der Waals surface area contributed by atoms with Gasteiger partial charge in [0.05, 0.1) is 0 Å². The number of hydrogen-bond acceptors (Lipinski definition) is 3. The van der Waals surface area contributed by atoms with Crippen molar-refractivity contribution in [1.29, 1.82) is 0 Å². The molecule has 0 aliphatic heterocycles. The number of hydrogen-bond donors (Lipinski definition) is 1. The van der Waals surface area contributed by atoms with Crippen LogP contribution in [0.1, 0.15) is 10.4 Å². The summed E-state index contributed by atoms with van der Waals surface area (Å²) in [4.78, 5) is 12.8. The van der Waals surface area contributed by atoms with Gasteiger partial charge in [-0.3, -0.25) is 4.79 Å². The van der Waals surface area contributed by atoms with E-state index in [4.69, 9.17) is 0 Å². The lowest BCUT2D eigenvalue weighted by Gasteiger charge is -1.96. The van der Waals surface area contributed by atoms with Crippen molar-refractivity contribution in [2.24, 2.45) is 0 Å². The van der Waals surface area contributed by atoms with E-state index in [2.05, 4.69) is 4.98 Å². The maximum Gasteiger partial charge on any atom is 0.334 e. The number of aromatic nitrogens is 1. The number of halogens is 1. The van der Waals surface area contributed by atoms with Crippen LogP contribution in [0, 0.1) is 0 Å². The van der Waals surface area contributed by atoms with Crippen molar-refractivity contribution in [2.75, 3.05) is 0 Å². The first-order valence-corrected chi connectivity index (χ1v) is 5.42. The van der Waals surface area contributed by atoms with E-state index in [9.17, 15) is 17.1 Å². The summed E-state index contributed by atoms with van der Waals surface area (Å²) in [5.41, 5.74) is 0.556. The second-order valence-corrected chi connectivity index (χ2v) is 4.29. The van der Waals surface area contributed by atoms with Gasteiger partial charge in [0.2, 0.25) is 0 Å². The van der Waals surface area contributed by atoms with E-state index in [-0.39, 0.29) is 10.9 Å². The average Bonchev–Trinajstić information content (AvgIpc) is 2.59. The van der Waals surface area contributed by atoms with Gasteiger partial charge < -0.3 is 4.98 Å². The van der Waals surface area contributed by atoms with E-state index < -0.39 is 15.1 Å². The standard InChI is InChI=1S/C9H6FNO3S/c10-15(13,14)8-4-11-7-3-1-2-6(5-12)9(7)8/h1-5,11H. The molecule has 1 N–H and O–H groups in total. The van der Waals surface area contributed by atoms with Crippen molar-refractivity contribution in [3.63, 3.8) is 0 Å². The summed E-state index contributed by atoms with van der Waals surface area (Å²) in [6.45, 7) is 0. The number of aldehydes is 1. The summed E-state index contributed by atoms with van der Waals surface area (Å²) < 4.78 is 34.4. The Balaban J connectivity index is 2.95. The Bertz CT molecular complexity index is 630. The predicted octanol–water partition coefficient (Wildman–Crippen LogP) is 1.64. The Labute approximate surface area is 84.9 Å². The molecule has 2 aromatic rings. The van der Waals surface area contributed by atoms with Crippen LogP contribution in [-0.2, 0) is 10.2 Å². The molecule has 0 aliphatic rings. The molecule has 2 rings (SSSR count). The first-order chi connectivity index (χ1) is 7.04. The van der Waals surface area contributed by atoms with Gasteiger partial charge in [0, 0.05) is 22.7 Å². The molecule has 0 unspecified atom stereocenters. The largest absolute Gasteiger partial charge is 0.360 e. The molecule has 1 aromatic heterocycles. The number of benzene rings is 1. The van der Waals surface area contributed by atoms with Crippen LogP contribution < -0.4 is 0 Å².